The molecule has 0 radical (unpaired) electrons. The van der Waals surface area contributed by atoms with Crippen molar-refractivity contribution in [2.24, 2.45) is 0 Å². The van der Waals surface area contributed by atoms with Crippen molar-refractivity contribution in [3.63, 3.8) is 0 Å². The lowest BCUT2D eigenvalue weighted by Gasteiger charge is -2.11. The quantitative estimate of drug-likeness (QED) is 0.625. The van der Waals surface area contributed by atoms with Crippen molar-refractivity contribution in [1.29, 1.82) is 0 Å². The normalized spacial score (nSPS) is 11.0. The molecule has 2 aromatic carbocycles. The average Bonchev–Trinajstić information content (AvgIpc) is 2.93. The zero-order valence-electron chi connectivity index (χ0n) is 13.2. The molecule has 0 atom stereocenters. The molecule has 0 amide bonds. The number of para-hydroxylation sites is 2. The number of benzene rings is 2. The van der Waals surface area contributed by atoms with Crippen LogP contribution < -0.4 is 4.74 Å². The third kappa shape index (κ3) is 3.14. The molecule has 1 heterocycles. The number of rotatable bonds is 6. The van der Waals surface area contributed by atoms with Crippen molar-refractivity contribution in [2.45, 2.75) is 33.2 Å². The van der Waals surface area contributed by atoms with Crippen LogP contribution in [0.2, 0.25) is 0 Å². The lowest BCUT2D eigenvalue weighted by Crippen LogP contribution is -2.04. The molecule has 0 N–H and O–H groups in total. The smallest absolute Gasteiger partial charge is 0.125 e. The molecule has 1 aromatic heterocycles. The van der Waals surface area contributed by atoms with Crippen LogP contribution in [0.3, 0.4) is 0 Å². The Morgan fingerprint density at radius 1 is 0.955 bits per heavy atom. The van der Waals surface area contributed by atoms with Crippen LogP contribution in [0.4, 0.5) is 0 Å². The summed E-state index contributed by atoms with van der Waals surface area (Å²) in [5, 5.41) is 5.66. The zero-order chi connectivity index (χ0) is 15.4. The molecule has 22 heavy (non-hydrogen) atoms. The summed E-state index contributed by atoms with van der Waals surface area (Å²) in [5.41, 5.74) is 3.62. The second-order valence-electron chi connectivity index (χ2n) is 5.70. The molecule has 0 aliphatic rings. The highest BCUT2D eigenvalue weighted by Crippen LogP contribution is 2.22. The van der Waals surface area contributed by atoms with Crippen LogP contribution in [0.1, 0.15) is 24.0 Å². The molecule has 3 nitrogen and oxygen atoms in total. The summed E-state index contributed by atoms with van der Waals surface area (Å²) < 4.78 is 8.02. The molecule has 0 fully saturated rings. The second-order valence-corrected chi connectivity index (χ2v) is 5.70. The summed E-state index contributed by atoms with van der Waals surface area (Å²) in [6.07, 6.45) is 4.03. The Balaban J connectivity index is 1.50. The molecule has 0 spiro atoms. The predicted octanol–water partition coefficient (Wildman–Crippen LogP) is 4.51. The number of unbranched alkanes of at least 4 members (excludes halogenated alkanes) is 1. The van der Waals surface area contributed by atoms with Gasteiger partial charge in [0.05, 0.1) is 18.3 Å². The van der Waals surface area contributed by atoms with E-state index >= 15 is 0 Å². The standard InChI is InChI=1S/C19H22N2O/c1-15-8-7-9-16(2)19(15)22-13-6-5-12-21-18-11-4-3-10-17(18)14-20-21/h3-4,7-11,14H,5-6,12-13H2,1-2H3. The molecule has 0 aliphatic carbocycles. The van der Waals surface area contributed by atoms with Crippen LogP contribution in [-0.2, 0) is 6.54 Å². The fraction of sp³-hybridized carbons (Fsp3) is 0.316. The van der Waals surface area contributed by atoms with Gasteiger partial charge in [-0.05, 0) is 43.9 Å². The molecule has 0 unspecified atom stereocenters. The number of hydrogen-bond acceptors (Lipinski definition) is 2. The van der Waals surface area contributed by atoms with E-state index in [9.17, 15) is 0 Å². The molecule has 0 aliphatic heterocycles. The summed E-state index contributed by atoms with van der Waals surface area (Å²) in [7, 11) is 0. The van der Waals surface area contributed by atoms with Gasteiger partial charge in [-0.1, -0.05) is 36.4 Å². The third-order valence-corrected chi connectivity index (χ3v) is 3.97. The van der Waals surface area contributed by atoms with E-state index in [4.69, 9.17) is 4.74 Å². The Bertz CT molecular complexity index is 741. The van der Waals surface area contributed by atoms with Gasteiger partial charge in [0, 0.05) is 11.9 Å². The Labute approximate surface area is 131 Å². The topological polar surface area (TPSA) is 27.1 Å². The first kappa shape index (κ1) is 14.6. The van der Waals surface area contributed by atoms with Gasteiger partial charge in [-0.2, -0.15) is 5.10 Å². The van der Waals surface area contributed by atoms with Crippen LogP contribution in [-0.4, -0.2) is 16.4 Å². The molecule has 0 saturated carbocycles. The zero-order valence-corrected chi connectivity index (χ0v) is 13.2. The van der Waals surface area contributed by atoms with Gasteiger partial charge in [0.25, 0.3) is 0 Å². The van der Waals surface area contributed by atoms with Gasteiger partial charge in [-0.3, -0.25) is 4.68 Å². The fourth-order valence-electron chi connectivity index (χ4n) is 2.77. The maximum Gasteiger partial charge on any atom is 0.125 e. The van der Waals surface area contributed by atoms with Crippen LogP contribution >= 0.6 is 0 Å². The summed E-state index contributed by atoms with van der Waals surface area (Å²) >= 11 is 0. The molecule has 0 saturated heterocycles. The fourth-order valence-corrected chi connectivity index (χ4v) is 2.77. The van der Waals surface area contributed by atoms with E-state index in [0.717, 1.165) is 31.7 Å². The van der Waals surface area contributed by atoms with E-state index in [1.54, 1.807) is 0 Å². The van der Waals surface area contributed by atoms with Gasteiger partial charge < -0.3 is 4.74 Å². The predicted molar refractivity (Wildman–Crippen MR) is 90.4 cm³/mol. The van der Waals surface area contributed by atoms with Crippen molar-refractivity contribution >= 4 is 10.9 Å². The lowest BCUT2D eigenvalue weighted by molar-refractivity contribution is 0.298. The summed E-state index contributed by atoms with van der Waals surface area (Å²) in [5.74, 6) is 1.03. The third-order valence-electron chi connectivity index (χ3n) is 3.97. The van der Waals surface area contributed by atoms with Gasteiger partial charge in [0.1, 0.15) is 5.75 Å². The highest BCUT2D eigenvalue weighted by atomic mass is 16.5. The van der Waals surface area contributed by atoms with Crippen molar-refractivity contribution < 1.29 is 4.74 Å². The average molecular weight is 294 g/mol. The van der Waals surface area contributed by atoms with E-state index in [-0.39, 0.29) is 0 Å². The Hall–Kier alpha value is -2.29. The number of aryl methyl sites for hydroxylation is 3. The summed E-state index contributed by atoms with van der Waals surface area (Å²) in [6, 6.07) is 14.6. The Kier molecular flexibility index (Phi) is 4.42. The number of nitrogens with zero attached hydrogens (tertiary/aromatic N) is 2. The molecular formula is C19H22N2O. The first-order valence-electron chi connectivity index (χ1n) is 7.85. The van der Waals surface area contributed by atoms with Gasteiger partial charge in [0.15, 0.2) is 0 Å². The molecule has 114 valence electrons. The Morgan fingerprint density at radius 2 is 1.73 bits per heavy atom. The van der Waals surface area contributed by atoms with Crippen LogP contribution in [0, 0.1) is 13.8 Å². The first-order valence-corrected chi connectivity index (χ1v) is 7.85. The number of fused-ring (bicyclic) bond motifs is 1. The number of aromatic nitrogens is 2. The van der Waals surface area contributed by atoms with E-state index in [0.29, 0.717) is 0 Å². The highest BCUT2D eigenvalue weighted by molar-refractivity contribution is 5.78. The second kappa shape index (κ2) is 6.65. The maximum atomic E-state index is 5.94. The number of hydrogen-bond donors (Lipinski definition) is 0. The molecule has 3 rings (SSSR count). The van der Waals surface area contributed by atoms with Gasteiger partial charge in [-0.15, -0.1) is 0 Å². The largest absolute Gasteiger partial charge is 0.493 e. The Morgan fingerprint density at radius 3 is 2.55 bits per heavy atom. The minimum Gasteiger partial charge on any atom is -0.493 e. The van der Waals surface area contributed by atoms with Crippen molar-refractivity contribution in [2.75, 3.05) is 6.61 Å². The summed E-state index contributed by atoms with van der Waals surface area (Å²) in [4.78, 5) is 0. The minimum atomic E-state index is 0.755. The number of ether oxygens (including phenoxy) is 1. The monoisotopic (exact) mass is 294 g/mol. The maximum absolute atomic E-state index is 5.94. The van der Waals surface area contributed by atoms with Crippen molar-refractivity contribution in [3.8, 4) is 5.75 Å². The minimum absolute atomic E-state index is 0.755. The van der Waals surface area contributed by atoms with E-state index in [1.165, 1.54) is 22.0 Å². The van der Waals surface area contributed by atoms with Crippen LogP contribution in [0.25, 0.3) is 10.9 Å². The molecular weight excluding hydrogens is 272 g/mol. The van der Waals surface area contributed by atoms with Crippen molar-refractivity contribution in [3.05, 3.63) is 59.8 Å². The first-order chi connectivity index (χ1) is 10.8. The SMILES string of the molecule is Cc1cccc(C)c1OCCCCn1ncc2ccccc21. The van der Waals surface area contributed by atoms with E-state index < -0.39 is 0 Å². The lowest BCUT2D eigenvalue weighted by atomic mass is 10.1. The van der Waals surface area contributed by atoms with Gasteiger partial charge in [-0.25, -0.2) is 0 Å². The van der Waals surface area contributed by atoms with Crippen LogP contribution in [0.5, 0.6) is 5.75 Å². The molecule has 3 heteroatoms. The summed E-state index contributed by atoms with van der Waals surface area (Å²) in [6.45, 7) is 5.88. The van der Waals surface area contributed by atoms with Gasteiger partial charge in [0.2, 0.25) is 0 Å². The highest BCUT2D eigenvalue weighted by Gasteiger charge is 2.04. The van der Waals surface area contributed by atoms with E-state index in [2.05, 4.69) is 60.0 Å². The molecule has 3 aromatic rings. The molecule has 0 bridgehead atoms. The van der Waals surface area contributed by atoms with Gasteiger partial charge >= 0.3 is 0 Å². The van der Waals surface area contributed by atoms with Crippen molar-refractivity contribution in [1.82, 2.24) is 9.78 Å². The van der Waals surface area contributed by atoms with Crippen LogP contribution in [0.15, 0.2) is 48.7 Å². The van der Waals surface area contributed by atoms with E-state index in [1.807, 2.05) is 12.3 Å².